The van der Waals surface area contributed by atoms with Crippen LogP contribution < -0.4 is 9.04 Å². The van der Waals surface area contributed by atoms with Gasteiger partial charge >= 0.3 is 0 Å². The van der Waals surface area contributed by atoms with Gasteiger partial charge in [-0.2, -0.15) is 0 Å². The van der Waals surface area contributed by atoms with Crippen LogP contribution in [0.5, 0.6) is 5.75 Å². The third kappa shape index (κ3) is 3.55. The van der Waals surface area contributed by atoms with Crippen molar-refractivity contribution in [3.05, 3.63) is 54.6 Å². The van der Waals surface area contributed by atoms with E-state index in [-0.39, 0.29) is 5.44 Å². The molecule has 2 aromatic rings. The van der Waals surface area contributed by atoms with E-state index in [0.29, 0.717) is 0 Å². The van der Waals surface area contributed by atoms with Crippen molar-refractivity contribution >= 4 is 23.3 Å². The van der Waals surface area contributed by atoms with E-state index in [4.69, 9.17) is 4.74 Å². The maximum absolute atomic E-state index is 6.27. The average molecular weight is 340 g/mol. The summed E-state index contributed by atoms with van der Waals surface area (Å²) < 4.78 is 8.59. The smallest absolute Gasteiger partial charge is 0.165 e. The number of nitrogens with zero attached hydrogens (tertiary/aromatic N) is 2. The van der Waals surface area contributed by atoms with Crippen LogP contribution in [-0.2, 0) is 0 Å². The minimum absolute atomic E-state index is 0.169. The molecule has 0 aliphatic carbocycles. The molecule has 2 aliphatic heterocycles. The quantitative estimate of drug-likeness (QED) is 0.722. The molecule has 0 amide bonds. The van der Waals surface area contributed by atoms with Crippen LogP contribution in [0, 0.1) is 0 Å². The van der Waals surface area contributed by atoms with Gasteiger partial charge in [0.1, 0.15) is 5.75 Å². The van der Waals surface area contributed by atoms with Crippen LogP contribution >= 0.6 is 11.9 Å². The van der Waals surface area contributed by atoms with Crippen molar-refractivity contribution in [3.8, 4) is 5.75 Å². The predicted octanol–water partition coefficient (Wildman–Crippen LogP) is 5.07. The van der Waals surface area contributed by atoms with Crippen LogP contribution in [-0.4, -0.2) is 30.0 Å². The maximum Gasteiger partial charge on any atom is 0.165 e. The minimum atomic E-state index is 0.169. The molecule has 1 unspecified atom stereocenters. The van der Waals surface area contributed by atoms with Gasteiger partial charge in [-0.05, 0) is 50.2 Å². The van der Waals surface area contributed by atoms with E-state index in [0.717, 1.165) is 24.4 Å². The molecule has 2 aromatic carbocycles. The van der Waals surface area contributed by atoms with Crippen molar-refractivity contribution in [2.24, 2.45) is 0 Å². The fourth-order valence-corrected chi connectivity index (χ4v) is 4.51. The fourth-order valence-electron chi connectivity index (χ4n) is 3.41. The predicted molar refractivity (Wildman–Crippen MR) is 102 cm³/mol. The summed E-state index contributed by atoms with van der Waals surface area (Å²) >= 11 is 1.80. The molecule has 4 rings (SSSR count). The van der Waals surface area contributed by atoms with Crippen LogP contribution in [0.4, 0.5) is 11.4 Å². The van der Waals surface area contributed by atoms with Crippen molar-refractivity contribution in [1.29, 1.82) is 0 Å². The van der Waals surface area contributed by atoms with E-state index in [2.05, 4.69) is 63.8 Å². The van der Waals surface area contributed by atoms with Crippen LogP contribution in [0.15, 0.2) is 54.6 Å². The third-order valence-corrected chi connectivity index (χ3v) is 5.87. The van der Waals surface area contributed by atoms with Gasteiger partial charge in [0.2, 0.25) is 0 Å². The van der Waals surface area contributed by atoms with Gasteiger partial charge in [0.05, 0.1) is 11.4 Å². The number of piperidine rings is 1. The Bertz CT molecular complexity index is 658. The summed E-state index contributed by atoms with van der Waals surface area (Å²) in [7, 11) is 0. The maximum atomic E-state index is 6.27. The number of rotatable bonds is 4. The lowest BCUT2D eigenvalue weighted by Gasteiger charge is -2.36. The molecule has 0 aromatic heterocycles. The van der Waals surface area contributed by atoms with E-state index in [1.54, 1.807) is 11.9 Å². The molecule has 2 aliphatic rings. The van der Waals surface area contributed by atoms with Gasteiger partial charge in [-0.25, -0.2) is 0 Å². The molecule has 0 bridgehead atoms. The molecule has 0 spiro atoms. The Labute approximate surface area is 148 Å². The highest BCUT2D eigenvalue weighted by Crippen LogP contribution is 2.45. The molecule has 2 heterocycles. The Morgan fingerprint density at radius 2 is 1.67 bits per heavy atom. The number of anilines is 2. The molecule has 0 N–H and O–H groups in total. The Morgan fingerprint density at radius 1 is 0.917 bits per heavy atom. The first-order valence-corrected chi connectivity index (χ1v) is 9.74. The van der Waals surface area contributed by atoms with Crippen molar-refractivity contribution in [2.75, 3.05) is 23.9 Å². The molecular formula is C20H24N2OS. The Morgan fingerprint density at radius 3 is 2.50 bits per heavy atom. The summed E-state index contributed by atoms with van der Waals surface area (Å²) in [6.07, 6.45) is 5.14. The highest BCUT2D eigenvalue weighted by atomic mass is 32.2. The summed E-state index contributed by atoms with van der Waals surface area (Å²) in [6, 6.07) is 18.9. The van der Waals surface area contributed by atoms with Crippen molar-refractivity contribution in [1.82, 2.24) is 4.90 Å². The largest absolute Gasteiger partial charge is 0.476 e. The third-order valence-electron chi connectivity index (χ3n) is 4.69. The second-order valence-electron chi connectivity index (χ2n) is 6.44. The van der Waals surface area contributed by atoms with E-state index in [1.165, 1.54) is 38.0 Å². The van der Waals surface area contributed by atoms with Crippen molar-refractivity contribution in [3.63, 3.8) is 0 Å². The monoisotopic (exact) mass is 340 g/mol. The van der Waals surface area contributed by atoms with Crippen LogP contribution in [0.2, 0.25) is 0 Å². The summed E-state index contributed by atoms with van der Waals surface area (Å²) in [5.41, 5.74) is 2.52. The minimum Gasteiger partial charge on any atom is -0.476 e. The van der Waals surface area contributed by atoms with Gasteiger partial charge in [-0.3, -0.25) is 4.31 Å². The lowest BCUT2D eigenvalue weighted by atomic mass is 10.1. The highest BCUT2D eigenvalue weighted by Gasteiger charge is 2.28. The Hall–Kier alpha value is -1.65. The first-order valence-electron chi connectivity index (χ1n) is 8.90. The zero-order chi connectivity index (χ0) is 16.2. The van der Waals surface area contributed by atoms with Gasteiger partial charge < -0.3 is 9.64 Å². The second-order valence-corrected chi connectivity index (χ2v) is 7.54. The topological polar surface area (TPSA) is 15.7 Å². The number of ether oxygens (including phenoxy) is 1. The molecule has 24 heavy (non-hydrogen) atoms. The first kappa shape index (κ1) is 15.9. The van der Waals surface area contributed by atoms with E-state index in [1.807, 2.05) is 0 Å². The van der Waals surface area contributed by atoms with Gasteiger partial charge in [0.15, 0.2) is 5.44 Å². The molecule has 0 saturated carbocycles. The van der Waals surface area contributed by atoms with Crippen LogP contribution in [0.3, 0.4) is 0 Å². The normalized spacial score (nSPS) is 21.2. The van der Waals surface area contributed by atoms with Gasteiger partial charge in [0.25, 0.3) is 0 Å². The van der Waals surface area contributed by atoms with Gasteiger partial charge in [0, 0.05) is 24.9 Å². The molecule has 0 radical (unpaired) electrons. The summed E-state index contributed by atoms with van der Waals surface area (Å²) in [5.74, 6) is 0.990. The second kappa shape index (κ2) is 7.49. The van der Waals surface area contributed by atoms with Crippen LogP contribution in [0.25, 0.3) is 0 Å². The van der Waals surface area contributed by atoms with Crippen molar-refractivity contribution < 1.29 is 4.74 Å². The molecular weight excluding hydrogens is 316 g/mol. The lowest BCUT2D eigenvalue weighted by molar-refractivity contribution is 0.193. The number of fused-ring (bicyclic) bond motifs is 1. The first-order chi connectivity index (χ1) is 11.9. The number of hydrogen-bond acceptors (Lipinski definition) is 4. The fraction of sp³-hybridized carbons (Fsp3) is 0.400. The zero-order valence-corrected chi connectivity index (χ0v) is 14.8. The summed E-state index contributed by atoms with van der Waals surface area (Å²) in [4.78, 5) is 2.58. The average Bonchev–Trinajstić information content (AvgIpc) is 2.67. The molecule has 1 saturated heterocycles. The van der Waals surface area contributed by atoms with E-state index >= 15 is 0 Å². The molecule has 1 atom stereocenters. The standard InChI is InChI=1S/C20H24N2OS/c1-3-9-17(10-4-1)22-18-11-5-6-12-19(18)23-20(24-22)13-16-21-14-7-2-8-15-21/h1,3-6,9-12,20H,2,7-8,13-16H2. The number of benzene rings is 2. The SMILES string of the molecule is c1ccc(N2SC(CCN3CCCCC3)Oc3ccccc32)cc1. The van der Waals surface area contributed by atoms with Crippen molar-refractivity contribution in [2.45, 2.75) is 31.1 Å². The summed E-state index contributed by atoms with van der Waals surface area (Å²) in [5, 5.41) is 0. The van der Waals surface area contributed by atoms with Crippen LogP contribution in [0.1, 0.15) is 25.7 Å². The number of likely N-dealkylation sites (tertiary alicyclic amines) is 1. The Kier molecular flexibility index (Phi) is 4.95. The Balaban J connectivity index is 1.50. The van der Waals surface area contributed by atoms with Gasteiger partial charge in [-0.1, -0.05) is 36.8 Å². The number of hydrogen-bond donors (Lipinski definition) is 0. The zero-order valence-electron chi connectivity index (χ0n) is 13.9. The molecule has 1 fully saturated rings. The lowest BCUT2D eigenvalue weighted by Crippen LogP contribution is -2.34. The van der Waals surface area contributed by atoms with E-state index in [9.17, 15) is 0 Å². The summed E-state index contributed by atoms with van der Waals surface area (Å²) in [6.45, 7) is 3.62. The molecule has 4 heteroatoms. The molecule has 126 valence electrons. The van der Waals surface area contributed by atoms with Gasteiger partial charge in [-0.15, -0.1) is 0 Å². The highest BCUT2D eigenvalue weighted by molar-refractivity contribution is 8.01. The molecule has 3 nitrogen and oxygen atoms in total. The van der Waals surface area contributed by atoms with E-state index < -0.39 is 0 Å². The number of para-hydroxylation sites is 3.